The van der Waals surface area contributed by atoms with Gasteiger partial charge in [0.2, 0.25) is 11.8 Å². The maximum absolute atomic E-state index is 13.2. The van der Waals surface area contributed by atoms with Crippen LogP contribution in [0.15, 0.2) is 0 Å². The van der Waals surface area contributed by atoms with Gasteiger partial charge in [-0.2, -0.15) is 0 Å². The largest absolute Gasteiger partial charge is 0.481 e. The molecule has 2 aliphatic carbocycles. The second-order valence-electron chi connectivity index (χ2n) is 9.07. The van der Waals surface area contributed by atoms with Crippen LogP contribution in [0.25, 0.3) is 0 Å². The van der Waals surface area contributed by atoms with Crippen LogP contribution in [0.3, 0.4) is 0 Å². The zero-order valence-electron chi connectivity index (χ0n) is 18.0. The molecular weight excluding hydrogens is 388 g/mol. The van der Waals surface area contributed by atoms with Crippen molar-refractivity contribution in [1.82, 2.24) is 10.6 Å². The van der Waals surface area contributed by atoms with Gasteiger partial charge < -0.3 is 20.8 Å². The molecule has 30 heavy (non-hydrogen) atoms. The van der Waals surface area contributed by atoms with Gasteiger partial charge in [0.25, 0.3) is 0 Å². The lowest BCUT2D eigenvalue weighted by Gasteiger charge is -2.34. The van der Waals surface area contributed by atoms with Crippen LogP contribution in [0.4, 0.5) is 0 Å². The molecule has 0 bridgehead atoms. The van der Waals surface area contributed by atoms with Gasteiger partial charge in [0.1, 0.15) is 0 Å². The Balaban J connectivity index is 1.91. The minimum Gasteiger partial charge on any atom is -0.481 e. The molecule has 2 fully saturated rings. The fourth-order valence-electron chi connectivity index (χ4n) is 4.96. The highest BCUT2D eigenvalue weighted by molar-refractivity contribution is 5.84. The van der Waals surface area contributed by atoms with E-state index in [-0.39, 0.29) is 23.8 Å². The highest BCUT2D eigenvalue weighted by Crippen LogP contribution is 2.44. The molecule has 2 rings (SSSR count). The van der Waals surface area contributed by atoms with Gasteiger partial charge in [-0.25, -0.2) is 0 Å². The molecule has 0 saturated heterocycles. The van der Waals surface area contributed by atoms with Gasteiger partial charge in [0.15, 0.2) is 0 Å². The van der Waals surface area contributed by atoms with Gasteiger partial charge in [-0.3, -0.25) is 19.2 Å². The van der Waals surface area contributed by atoms with Crippen LogP contribution >= 0.6 is 0 Å². The molecule has 0 aliphatic heterocycles. The van der Waals surface area contributed by atoms with Crippen LogP contribution in [0, 0.1) is 17.3 Å². The number of hydrogen-bond acceptors (Lipinski definition) is 4. The van der Waals surface area contributed by atoms with Crippen LogP contribution in [-0.2, 0) is 19.2 Å². The van der Waals surface area contributed by atoms with E-state index in [1.807, 2.05) is 0 Å². The number of hydrogen-bond donors (Lipinski definition) is 4. The average Bonchev–Trinajstić information content (AvgIpc) is 3.17. The lowest BCUT2D eigenvalue weighted by atomic mass is 9.75. The van der Waals surface area contributed by atoms with Crippen LogP contribution < -0.4 is 10.6 Å². The summed E-state index contributed by atoms with van der Waals surface area (Å²) in [6.45, 7) is 1.99. The molecular formula is C22H36N2O6. The van der Waals surface area contributed by atoms with Gasteiger partial charge in [-0.05, 0) is 57.8 Å². The first-order valence-corrected chi connectivity index (χ1v) is 11.2. The summed E-state index contributed by atoms with van der Waals surface area (Å²) >= 11 is 0. The molecule has 8 heteroatoms. The van der Waals surface area contributed by atoms with Crippen molar-refractivity contribution in [3.05, 3.63) is 0 Å². The van der Waals surface area contributed by atoms with E-state index in [1.54, 1.807) is 0 Å². The average molecular weight is 425 g/mol. The molecule has 0 aromatic heterocycles. The Morgan fingerprint density at radius 3 is 2.17 bits per heavy atom. The minimum atomic E-state index is -0.865. The number of unbranched alkanes of at least 4 members (excludes halogenated alkanes) is 1. The fourth-order valence-corrected chi connectivity index (χ4v) is 4.96. The zero-order valence-corrected chi connectivity index (χ0v) is 18.0. The van der Waals surface area contributed by atoms with Crippen molar-refractivity contribution in [2.75, 3.05) is 6.54 Å². The van der Waals surface area contributed by atoms with Crippen molar-refractivity contribution in [1.29, 1.82) is 0 Å². The number of amides is 2. The summed E-state index contributed by atoms with van der Waals surface area (Å²) in [6, 6.07) is -0.0218. The summed E-state index contributed by atoms with van der Waals surface area (Å²) < 4.78 is 0. The van der Waals surface area contributed by atoms with Gasteiger partial charge >= 0.3 is 11.9 Å². The lowest BCUT2D eigenvalue weighted by Crippen LogP contribution is -2.47. The molecule has 4 N–H and O–H groups in total. The Labute approximate surface area is 178 Å². The van der Waals surface area contributed by atoms with E-state index < -0.39 is 23.3 Å². The molecule has 2 aliphatic rings. The molecule has 170 valence electrons. The number of nitrogens with one attached hydrogen (secondary N) is 2. The predicted octanol–water partition coefficient (Wildman–Crippen LogP) is 2.70. The van der Waals surface area contributed by atoms with Crippen molar-refractivity contribution >= 4 is 23.8 Å². The number of carboxylic acid groups (broad SMARTS) is 2. The highest BCUT2D eigenvalue weighted by atomic mass is 16.4. The van der Waals surface area contributed by atoms with E-state index in [4.69, 9.17) is 5.11 Å². The maximum atomic E-state index is 13.2. The summed E-state index contributed by atoms with van der Waals surface area (Å²) in [5.74, 6) is -2.68. The Bertz CT molecular complexity index is 621. The van der Waals surface area contributed by atoms with E-state index in [1.165, 1.54) is 6.92 Å². The highest BCUT2D eigenvalue weighted by Gasteiger charge is 2.44. The third kappa shape index (κ3) is 6.99. The Kier molecular flexibility index (Phi) is 9.11. The van der Waals surface area contributed by atoms with E-state index in [0.29, 0.717) is 64.3 Å². The standard InChI is InChI=1S/C22H36N2O6/c1-15(25)23-13-5-2-6-17(20(28)29)14-22(11-3-4-12-22)21(30)24-18-9-7-16(8-10-18)19(26)27/h16-18H,2-14H2,1H3,(H,23,25)(H,24,30)(H,26,27)(H,28,29)/t16-,17?,18+. The van der Waals surface area contributed by atoms with Crippen LogP contribution in [-0.4, -0.2) is 46.6 Å². The second-order valence-corrected chi connectivity index (χ2v) is 9.07. The molecule has 0 radical (unpaired) electrons. The second kappa shape index (κ2) is 11.3. The number of carbonyl (C=O) groups excluding carboxylic acids is 2. The molecule has 2 amide bonds. The quantitative estimate of drug-likeness (QED) is 0.377. The van der Waals surface area contributed by atoms with Crippen molar-refractivity contribution in [2.24, 2.45) is 17.3 Å². The molecule has 1 atom stereocenters. The number of rotatable bonds is 11. The van der Waals surface area contributed by atoms with Crippen molar-refractivity contribution in [2.45, 2.75) is 90.0 Å². The SMILES string of the molecule is CC(=O)NCCCCC(CC1(C(=O)N[C@H]2CC[C@@H](C(=O)O)CC2)CCCC1)C(=O)O. The van der Waals surface area contributed by atoms with Crippen molar-refractivity contribution in [3.63, 3.8) is 0 Å². The molecule has 1 unspecified atom stereocenters. The van der Waals surface area contributed by atoms with Crippen LogP contribution in [0.5, 0.6) is 0 Å². The first-order valence-electron chi connectivity index (χ1n) is 11.2. The third-order valence-electron chi connectivity index (χ3n) is 6.79. The first-order chi connectivity index (χ1) is 14.2. The zero-order chi connectivity index (χ0) is 22.1. The topological polar surface area (TPSA) is 133 Å². The monoisotopic (exact) mass is 424 g/mol. The molecule has 0 spiro atoms. The van der Waals surface area contributed by atoms with Crippen molar-refractivity contribution in [3.8, 4) is 0 Å². The minimum absolute atomic E-state index is 0.0218. The molecule has 0 aromatic rings. The number of carboxylic acids is 2. The molecule has 0 heterocycles. The van der Waals surface area contributed by atoms with Crippen LogP contribution in [0.1, 0.15) is 84.0 Å². The fraction of sp³-hybridized carbons (Fsp3) is 0.818. The summed E-state index contributed by atoms with van der Waals surface area (Å²) in [5, 5.41) is 24.7. The number of carbonyl (C=O) groups is 4. The molecule has 0 aromatic carbocycles. The Hall–Kier alpha value is -2.12. The summed E-state index contributed by atoms with van der Waals surface area (Å²) in [7, 11) is 0. The smallest absolute Gasteiger partial charge is 0.306 e. The van der Waals surface area contributed by atoms with Gasteiger partial charge in [-0.15, -0.1) is 0 Å². The van der Waals surface area contributed by atoms with Gasteiger partial charge in [0, 0.05) is 19.5 Å². The van der Waals surface area contributed by atoms with Gasteiger partial charge in [0.05, 0.1) is 17.3 Å². The molecule has 8 nitrogen and oxygen atoms in total. The predicted molar refractivity (Wildman–Crippen MR) is 111 cm³/mol. The number of aliphatic carboxylic acids is 2. The van der Waals surface area contributed by atoms with E-state index >= 15 is 0 Å². The van der Waals surface area contributed by atoms with E-state index in [2.05, 4.69) is 10.6 Å². The van der Waals surface area contributed by atoms with Gasteiger partial charge in [-0.1, -0.05) is 19.3 Å². The van der Waals surface area contributed by atoms with Crippen LogP contribution in [0.2, 0.25) is 0 Å². The third-order valence-corrected chi connectivity index (χ3v) is 6.79. The van der Waals surface area contributed by atoms with E-state index in [9.17, 15) is 24.3 Å². The van der Waals surface area contributed by atoms with E-state index in [0.717, 1.165) is 19.3 Å². The first kappa shape index (κ1) is 24.2. The summed E-state index contributed by atoms with van der Waals surface area (Å²) in [4.78, 5) is 47.1. The summed E-state index contributed by atoms with van der Waals surface area (Å²) in [5.41, 5.74) is -0.635. The molecule has 2 saturated carbocycles. The maximum Gasteiger partial charge on any atom is 0.306 e. The van der Waals surface area contributed by atoms with Crippen molar-refractivity contribution < 1.29 is 29.4 Å². The Morgan fingerprint density at radius 1 is 1.00 bits per heavy atom. The lowest BCUT2D eigenvalue weighted by molar-refractivity contribution is -0.145. The normalized spacial score (nSPS) is 24.0. The Morgan fingerprint density at radius 2 is 1.63 bits per heavy atom. The summed E-state index contributed by atoms with van der Waals surface area (Å²) in [6.07, 6.45) is 7.96.